The molecule has 2 aliphatic heterocycles. The largest absolute Gasteiger partial charge is 0.872 e. The summed E-state index contributed by atoms with van der Waals surface area (Å²) in [6, 6.07) is 16.1. The van der Waals surface area contributed by atoms with Crippen LogP contribution in [0.1, 0.15) is 46.3 Å². The number of furan rings is 2. The van der Waals surface area contributed by atoms with Crippen molar-refractivity contribution in [2.24, 2.45) is 0 Å². The van der Waals surface area contributed by atoms with Crippen molar-refractivity contribution in [1.82, 2.24) is 0 Å². The highest BCUT2D eigenvalue weighted by Gasteiger charge is 2.59. The minimum atomic E-state index is -0.327. The fourth-order valence-corrected chi connectivity index (χ4v) is 5.33. The van der Waals surface area contributed by atoms with Gasteiger partial charge < -0.3 is 13.9 Å². The van der Waals surface area contributed by atoms with E-state index in [1.165, 1.54) is 11.3 Å². The molecule has 4 aromatic rings. The molecule has 4 nitrogen and oxygen atoms in total. The van der Waals surface area contributed by atoms with E-state index >= 15 is 0 Å². The van der Waals surface area contributed by atoms with Crippen LogP contribution in [0.4, 0.5) is 0 Å². The first-order chi connectivity index (χ1) is 13.3. The fraction of sp³-hybridized carbons (Fsp3) is 0.174. The maximum absolute atomic E-state index is 12.3. The zero-order valence-electron chi connectivity index (χ0n) is 14.5. The van der Waals surface area contributed by atoms with Crippen molar-refractivity contribution in [3.63, 3.8) is 0 Å². The monoisotopic (exact) mass is 355 g/mol. The number of hydrogen-bond donors (Lipinski definition) is 0. The molecule has 2 bridgehead atoms. The Bertz CT molecular complexity index is 1090. The highest BCUT2D eigenvalue weighted by Crippen LogP contribution is 2.59. The Morgan fingerprint density at radius 2 is 1.70 bits per heavy atom. The lowest BCUT2D eigenvalue weighted by atomic mass is 9.54. The zero-order valence-corrected chi connectivity index (χ0v) is 14.5. The van der Waals surface area contributed by atoms with E-state index in [1.54, 1.807) is 18.6 Å². The van der Waals surface area contributed by atoms with Crippen molar-refractivity contribution in [2.75, 3.05) is 0 Å². The van der Waals surface area contributed by atoms with E-state index in [0.717, 1.165) is 23.1 Å². The van der Waals surface area contributed by atoms with E-state index in [4.69, 9.17) is 8.83 Å². The normalized spacial score (nSPS) is 21.6. The van der Waals surface area contributed by atoms with Crippen LogP contribution in [-0.4, -0.2) is 0 Å². The van der Waals surface area contributed by atoms with Gasteiger partial charge in [-0.25, -0.2) is 0 Å². The molecule has 132 valence electrons. The molecule has 3 aliphatic rings. The summed E-state index contributed by atoms with van der Waals surface area (Å²) in [5, 5.41) is 12.3. The van der Waals surface area contributed by atoms with Crippen LogP contribution < -0.4 is 9.67 Å². The lowest BCUT2D eigenvalue weighted by Gasteiger charge is -2.48. The van der Waals surface area contributed by atoms with Crippen LogP contribution in [0.5, 0.6) is 5.75 Å². The fourth-order valence-electron chi connectivity index (χ4n) is 5.33. The van der Waals surface area contributed by atoms with E-state index in [2.05, 4.69) is 29.0 Å². The lowest BCUT2D eigenvalue weighted by Crippen LogP contribution is -2.59. The Kier molecular flexibility index (Phi) is 2.82. The van der Waals surface area contributed by atoms with Crippen molar-refractivity contribution in [3.05, 3.63) is 108 Å². The van der Waals surface area contributed by atoms with Gasteiger partial charge in [-0.05, 0) is 17.7 Å². The molecule has 0 amide bonds. The molecule has 0 fully saturated rings. The summed E-state index contributed by atoms with van der Waals surface area (Å²) in [7, 11) is 0. The first-order valence-electron chi connectivity index (χ1n) is 9.15. The highest BCUT2D eigenvalue weighted by molar-refractivity contribution is 5.55. The second-order valence-electron chi connectivity index (χ2n) is 7.47. The van der Waals surface area contributed by atoms with Crippen molar-refractivity contribution < 1.29 is 18.5 Å². The van der Waals surface area contributed by atoms with Gasteiger partial charge in [0.2, 0.25) is 0 Å². The molecule has 7 rings (SSSR count). The Balaban J connectivity index is 1.73. The summed E-state index contributed by atoms with van der Waals surface area (Å²) in [5.74, 6) is 0.0693. The van der Waals surface area contributed by atoms with Crippen molar-refractivity contribution in [1.29, 1.82) is 0 Å². The van der Waals surface area contributed by atoms with E-state index in [-0.39, 0.29) is 23.1 Å². The maximum atomic E-state index is 12.3. The van der Waals surface area contributed by atoms with Gasteiger partial charge in [0.05, 0.1) is 36.4 Å². The molecule has 4 heteroatoms. The molecule has 2 unspecified atom stereocenters. The molecule has 0 saturated heterocycles. The number of aromatic nitrogens is 1. The molecule has 0 spiro atoms. The summed E-state index contributed by atoms with van der Waals surface area (Å²) >= 11 is 0. The van der Waals surface area contributed by atoms with Crippen LogP contribution in [0.25, 0.3) is 0 Å². The van der Waals surface area contributed by atoms with Crippen LogP contribution >= 0.6 is 0 Å². The Hall–Kier alpha value is -3.27. The highest BCUT2D eigenvalue weighted by atomic mass is 16.3. The molecular formula is C23H17NO3. The van der Waals surface area contributed by atoms with E-state index < -0.39 is 0 Å². The minimum Gasteiger partial charge on any atom is -0.872 e. The Labute approximate surface area is 156 Å². The van der Waals surface area contributed by atoms with Crippen LogP contribution in [0.3, 0.4) is 0 Å². The summed E-state index contributed by atoms with van der Waals surface area (Å²) in [5.41, 5.74) is 5.49. The molecule has 2 atom stereocenters. The van der Waals surface area contributed by atoms with Crippen molar-refractivity contribution in [3.8, 4) is 5.75 Å². The van der Waals surface area contributed by atoms with Gasteiger partial charge in [0.25, 0.3) is 0 Å². The molecule has 1 aliphatic carbocycles. The topological polar surface area (TPSA) is 53.2 Å². The van der Waals surface area contributed by atoms with Gasteiger partial charge in [0.1, 0.15) is 0 Å². The van der Waals surface area contributed by atoms with E-state index in [0.29, 0.717) is 0 Å². The first-order valence-corrected chi connectivity index (χ1v) is 9.15. The predicted octanol–water partition coefficient (Wildman–Crippen LogP) is 3.66. The zero-order chi connectivity index (χ0) is 18.0. The first kappa shape index (κ1) is 14.9. The number of nitrogens with zero attached hydrogens (tertiary/aromatic N) is 1. The summed E-state index contributed by atoms with van der Waals surface area (Å²) in [6.07, 6.45) is 10.2. The molecule has 1 aromatic carbocycles. The SMILES string of the molecule is [O-]c1ccc2c(c1)C1c3cccc[n+]3C2CC1(c1ccoc1)c1ccoc1. The average molecular weight is 355 g/mol. The van der Waals surface area contributed by atoms with E-state index in [1.807, 2.05) is 36.8 Å². The number of benzene rings is 1. The quantitative estimate of drug-likeness (QED) is 0.516. The number of pyridine rings is 1. The Morgan fingerprint density at radius 3 is 2.41 bits per heavy atom. The van der Waals surface area contributed by atoms with Gasteiger partial charge in [-0.3, -0.25) is 0 Å². The molecule has 0 radical (unpaired) electrons. The van der Waals surface area contributed by atoms with Crippen LogP contribution in [0.15, 0.2) is 88.6 Å². The second kappa shape index (κ2) is 5.13. The Morgan fingerprint density at radius 1 is 0.926 bits per heavy atom. The van der Waals surface area contributed by atoms with Crippen LogP contribution in [0, 0.1) is 0 Å². The molecular weight excluding hydrogens is 338 g/mol. The van der Waals surface area contributed by atoms with Gasteiger partial charge >= 0.3 is 0 Å². The minimum absolute atomic E-state index is 0.0165. The molecule has 0 saturated carbocycles. The van der Waals surface area contributed by atoms with Gasteiger partial charge in [-0.1, -0.05) is 24.3 Å². The number of hydrogen-bond acceptors (Lipinski definition) is 3. The number of fused-ring (bicyclic) bond motifs is 1. The molecule has 27 heavy (non-hydrogen) atoms. The third kappa shape index (κ3) is 1.80. The number of rotatable bonds is 2. The molecule has 3 aromatic heterocycles. The third-order valence-corrected chi connectivity index (χ3v) is 6.36. The van der Waals surface area contributed by atoms with E-state index in [9.17, 15) is 5.11 Å². The van der Waals surface area contributed by atoms with Crippen LogP contribution in [-0.2, 0) is 5.41 Å². The summed E-state index contributed by atoms with van der Waals surface area (Å²) < 4.78 is 13.4. The van der Waals surface area contributed by atoms with Crippen molar-refractivity contribution >= 4 is 0 Å². The van der Waals surface area contributed by atoms with Gasteiger partial charge in [0, 0.05) is 35.2 Å². The standard InChI is InChI=1S/C23H17NO3/c25-17-4-5-18-19(11-17)22-20-3-1-2-8-24(20)21(18)12-23(22,15-6-9-26-13-15)16-7-10-27-14-16/h1-11,13-14,21-22H,12H2. The predicted molar refractivity (Wildman–Crippen MR) is 95.3 cm³/mol. The van der Waals surface area contributed by atoms with Gasteiger partial charge in [-0.15, -0.1) is 5.75 Å². The average Bonchev–Trinajstić information content (AvgIpc) is 3.42. The van der Waals surface area contributed by atoms with Gasteiger partial charge in [0.15, 0.2) is 17.9 Å². The molecule has 0 N–H and O–H groups in total. The van der Waals surface area contributed by atoms with Crippen LogP contribution in [0.2, 0.25) is 0 Å². The van der Waals surface area contributed by atoms with Gasteiger partial charge in [-0.2, -0.15) is 4.57 Å². The summed E-state index contributed by atoms with van der Waals surface area (Å²) in [4.78, 5) is 0. The smallest absolute Gasteiger partial charge is 0.190 e. The van der Waals surface area contributed by atoms with Crippen molar-refractivity contribution in [2.45, 2.75) is 23.8 Å². The third-order valence-electron chi connectivity index (χ3n) is 6.36. The summed E-state index contributed by atoms with van der Waals surface area (Å²) in [6.45, 7) is 0. The molecule has 5 heterocycles. The second-order valence-corrected chi connectivity index (χ2v) is 7.47. The maximum Gasteiger partial charge on any atom is 0.190 e. The lowest BCUT2D eigenvalue weighted by molar-refractivity contribution is -0.732.